The number of furan rings is 1. The number of benzene rings is 1. The molecule has 1 aromatic heterocycles. The maximum atomic E-state index is 13.1. The van der Waals surface area contributed by atoms with Crippen molar-refractivity contribution in [1.29, 1.82) is 0 Å². The third-order valence-electron chi connectivity index (χ3n) is 6.29. The number of halogens is 2. The van der Waals surface area contributed by atoms with Crippen molar-refractivity contribution >= 4 is 35.0 Å². The molecule has 1 aliphatic heterocycles. The van der Waals surface area contributed by atoms with Crippen LogP contribution in [0.4, 0.5) is 0 Å². The third kappa shape index (κ3) is 5.25. The Kier molecular flexibility index (Phi) is 7.20. The molecule has 0 bridgehead atoms. The molecule has 1 aromatic carbocycles. The topological polar surface area (TPSA) is 65.8 Å². The Bertz CT molecular complexity index is 905. The predicted octanol–water partition coefficient (Wildman–Crippen LogP) is 4.22. The number of carbonyl (C=O) groups is 2. The molecule has 2 amide bonds. The Morgan fingerprint density at radius 2 is 1.81 bits per heavy atom. The molecule has 6 nitrogen and oxygen atoms in total. The second-order valence-corrected chi connectivity index (χ2v) is 9.06. The number of hydrogen-bond donors (Lipinski definition) is 1. The van der Waals surface area contributed by atoms with Gasteiger partial charge in [0, 0.05) is 31.7 Å². The van der Waals surface area contributed by atoms with E-state index in [9.17, 15) is 9.59 Å². The molecular formula is C23H27Cl2N3O3. The zero-order chi connectivity index (χ0) is 21.8. The van der Waals surface area contributed by atoms with Crippen LogP contribution in [-0.4, -0.2) is 53.8 Å². The SMILES string of the molecule is O=C(NCc1ccco1)[C@H](C1CCCC1)N1CCN(C(=O)c2ccc(Cl)c(Cl)c2)CC1. The van der Waals surface area contributed by atoms with Gasteiger partial charge >= 0.3 is 0 Å². The van der Waals surface area contributed by atoms with E-state index in [-0.39, 0.29) is 17.9 Å². The van der Waals surface area contributed by atoms with Gasteiger partial charge in [-0.2, -0.15) is 0 Å². The Labute approximate surface area is 192 Å². The van der Waals surface area contributed by atoms with Gasteiger partial charge in [-0.15, -0.1) is 0 Å². The maximum Gasteiger partial charge on any atom is 0.253 e. The van der Waals surface area contributed by atoms with Crippen LogP contribution in [0, 0.1) is 5.92 Å². The van der Waals surface area contributed by atoms with Gasteiger partial charge in [-0.25, -0.2) is 0 Å². The Balaban J connectivity index is 1.39. The number of carbonyl (C=O) groups excluding carboxylic acids is 2. The van der Waals surface area contributed by atoms with E-state index in [1.807, 2.05) is 17.0 Å². The van der Waals surface area contributed by atoms with Crippen LogP contribution in [-0.2, 0) is 11.3 Å². The molecule has 1 N–H and O–H groups in total. The highest BCUT2D eigenvalue weighted by Gasteiger charge is 2.37. The van der Waals surface area contributed by atoms with E-state index in [0.717, 1.165) is 18.6 Å². The third-order valence-corrected chi connectivity index (χ3v) is 7.03. The summed E-state index contributed by atoms with van der Waals surface area (Å²) in [6.07, 6.45) is 6.09. The van der Waals surface area contributed by atoms with Crippen molar-refractivity contribution in [3.05, 3.63) is 58.0 Å². The average Bonchev–Trinajstić information content (AvgIpc) is 3.49. The fraction of sp³-hybridized carbons (Fsp3) is 0.478. The van der Waals surface area contributed by atoms with Gasteiger partial charge in [-0.3, -0.25) is 14.5 Å². The van der Waals surface area contributed by atoms with E-state index in [2.05, 4.69) is 10.2 Å². The summed E-state index contributed by atoms with van der Waals surface area (Å²) < 4.78 is 5.34. The van der Waals surface area contributed by atoms with Crippen LogP contribution in [0.1, 0.15) is 41.8 Å². The fourth-order valence-corrected chi connectivity index (χ4v) is 4.96. The van der Waals surface area contributed by atoms with Crippen LogP contribution in [0.2, 0.25) is 10.0 Å². The summed E-state index contributed by atoms with van der Waals surface area (Å²) in [6.45, 7) is 2.89. The molecule has 0 unspecified atom stereocenters. The molecule has 1 aliphatic carbocycles. The zero-order valence-corrected chi connectivity index (χ0v) is 18.9. The smallest absolute Gasteiger partial charge is 0.253 e. The summed E-state index contributed by atoms with van der Waals surface area (Å²) in [5.41, 5.74) is 0.534. The second-order valence-electron chi connectivity index (χ2n) is 8.24. The first-order chi connectivity index (χ1) is 15.0. The molecule has 4 rings (SSSR count). The highest BCUT2D eigenvalue weighted by Crippen LogP contribution is 2.31. The van der Waals surface area contributed by atoms with E-state index in [1.54, 1.807) is 24.5 Å². The largest absolute Gasteiger partial charge is 0.467 e. The lowest BCUT2D eigenvalue weighted by molar-refractivity contribution is -0.129. The summed E-state index contributed by atoms with van der Waals surface area (Å²) in [7, 11) is 0. The van der Waals surface area contributed by atoms with E-state index in [0.29, 0.717) is 54.3 Å². The molecule has 1 saturated heterocycles. The molecule has 0 radical (unpaired) electrons. The van der Waals surface area contributed by atoms with Gasteiger partial charge in [-0.1, -0.05) is 36.0 Å². The molecule has 0 spiro atoms. The molecule has 1 atom stereocenters. The van der Waals surface area contributed by atoms with Crippen molar-refractivity contribution in [3.63, 3.8) is 0 Å². The number of piperazine rings is 1. The van der Waals surface area contributed by atoms with E-state index < -0.39 is 0 Å². The number of hydrogen-bond acceptors (Lipinski definition) is 4. The first kappa shape index (κ1) is 22.2. The molecule has 2 fully saturated rings. The summed E-state index contributed by atoms with van der Waals surface area (Å²) in [4.78, 5) is 30.1. The Hall–Kier alpha value is -2.02. The lowest BCUT2D eigenvalue weighted by atomic mass is 9.95. The van der Waals surface area contributed by atoms with Crippen LogP contribution >= 0.6 is 23.2 Å². The molecule has 1 saturated carbocycles. The Morgan fingerprint density at radius 3 is 2.45 bits per heavy atom. The van der Waals surface area contributed by atoms with Crippen molar-refractivity contribution in [2.45, 2.75) is 38.3 Å². The summed E-state index contributed by atoms with van der Waals surface area (Å²) in [5, 5.41) is 3.86. The molecule has 2 aliphatic rings. The van der Waals surface area contributed by atoms with Crippen LogP contribution in [0.15, 0.2) is 41.0 Å². The summed E-state index contributed by atoms with van der Waals surface area (Å²) >= 11 is 12.0. The number of rotatable bonds is 6. The maximum absolute atomic E-state index is 13.1. The monoisotopic (exact) mass is 463 g/mol. The van der Waals surface area contributed by atoms with Crippen molar-refractivity contribution in [1.82, 2.24) is 15.1 Å². The van der Waals surface area contributed by atoms with E-state index in [4.69, 9.17) is 27.6 Å². The van der Waals surface area contributed by atoms with Crippen molar-refractivity contribution in [3.8, 4) is 0 Å². The van der Waals surface area contributed by atoms with E-state index >= 15 is 0 Å². The average molecular weight is 464 g/mol. The number of amides is 2. The quantitative estimate of drug-likeness (QED) is 0.696. The summed E-state index contributed by atoms with van der Waals surface area (Å²) in [5.74, 6) is 1.09. The van der Waals surface area contributed by atoms with Crippen molar-refractivity contribution in [2.75, 3.05) is 26.2 Å². The normalized spacial score (nSPS) is 18.8. The number of nitrogens with one attached hydrogen (secondary N) is 1. The molecule has 2 aromatic rings. The van der Waals surface area contributed by atoms with Crippen molar-refractivity contribution < 1.29 is 14.0 Å². The van der Waals surface area contributed by atoms with Crippen LogP contribution in [0.5, 0.6) is 0 Å². The van der Waals surface area contributed by atoms with Crippen LogP contribution in [0.25, 0.3) is 0 Å². The predicted molar refractivity (Wildman–Crippen MR) is 120 cm³/mol. The second kappa shape index (κ2) is 10.1. The van der Waals surface area contributed by atoms with Gasteiger partial charge in [0.05, 0.1) is 28.9 Å². The lowest BCUT2D eigenvalue weighted by Crippen LogP contribution is -2.57. The van der Waals surface area contributed by atoms with Crippen LogP contribution < -0.4 is 5.32 Å². The molecule has 2 heterocycles. The molecular weight excluding hydrogens is 437 g/mol. The van der Waals surface area contributed by atoms with E-state index in [1.165, 1.54) is 12.8 Å². The van der Waals surface area contributed by atoms with Crippen molar-refractivity contribution in [2.24, 2.45) is 5.92 Å². The standard InChI is InChI=1S/C23H27Cl2N3O3/c24-19-8-7-17(14-20(19)25)23(30)28-11-9-27(10-12-28)21(16-4-1-2-5-16)22(29)26-15-18-6-3-13-31-18/h3,6-8,13-14,16,21H,1-2,4-5,9-12,15H2,(H,26,29)/t21-/m0/s1. The summed E-state index contributed by atoms with van der Waals surface area (Å²) in [6, 6.07) is 8.47. The Morgan fingerprint density at radius 1 is 1.06 bits per heavy atom. The van der Waals surface area contributed by atoms with Crippen LogP contribution in [0.3, 0.4) is 0 Å². The number of nitrogens with zero attached hydrogens (tertiary/aromatic N) is 2. The minimum atomic E-state index is -0.167. The van der Waals surface area contributed by atoms with Gasteiger partial charge in [0.2, 0.25) is 5.91 Å². The molecule has 31 heavy (non-hydrogen) atoms. The highest BCUT2D eigenvalue weighted by molar-refractivity contribution is 6.42. The van der Waals surface area contributed by atoms with Gasteiger partial charge in [0.25, 0.3) is 5.91 Å². The molecule has 166 valence electrons. The highest BCUT2D eigenvalue weighted by atomic mass is 35.5. The van der Waals surface area contributed by atoms with Gasteiger partial charge < -0.3 is 14.6 Å². The lowest BCUT2D eigenvalue weighted by Gasteiger charge is -2.40. The first-order valence-corrected chi connectivity index (χ1v) is 11.6. The van der Waals surface area contributed by atoms with Gasteiger partial charge in [0.15, 0.2) is 0 Å². The minimum Gasteiger partial charge on any atom is -0.467 e. The minimum absolute atomic E-state index is 0.0487. The fourth-order valence-electron chi connectivity index (χ4n) is 4.66. The van der Waals surface area contributed by atoms with Gasteiger partial charge in [0.1, 0.15) is 5.76 Å². The first-order valence-electron chi connectivity index (χ1n) is 10.8. The zero-order valence-electron chi connectivity index (χ0n) is 17.4. The molecule has 8 heteroatoms. The van der Waals surface area contributed by atoms with Gasteiger partial charge in [-0.05, 0) is 49.1 Å².